The molecule has 2 aromatic rings. The quantitative estimate of drug-likeness (QED) is 0.748. The first-order valence-corrected chi connectivity index (χ1v) is 9.64. The van der Waals surface area contributed by atoms with Crippen LogP contribution >= 0.6 is 0 Å². The summed E-state index contributed by atoms with van der Waals surface area (Å²) in [5.74, 6) is 2.24. The summed E-state index contributed by atoms with van der Waals surface area (Å²) in [7, 11) is 3.32. The molecule has 0 radical (unpaired) electrons. The fourth-order valence-electron chi connectivity index (χ4n) is 3.69. The van der Waals surface area contributed by atoms with E-state index in [0.29, 0.717) is 24.6 Å². The molecular formula is C22H28N2O4. The van der Waals surface area contributed by atoms with Crippen LogP contribution in [0.5, 0.6) is 17.2 Å². The number of hydrogen-bond donors (Lipinski definition) is 1. The number of carbonyl (C=O) groups excluding carboxylic acids is 1. The molecule has 6 nitrogen and oxygen atoms in total. The highest BCUT2D eigenvalue weighted by molar-refractivity contribution is 5.93. The molecule has 28 heavy (non-hydrogen) atoms. The summed E-state index contributed by atoms with van der Waals surface area (Å²) in [5.41, 5.74) is 1.76. The average molecular weight is 384 g/mol. The zero-order valence-corrected chi connectivity index (χ0v) is 16.7. The normalized spacial score (nSPS) is 16.6. The summed E-state index contributed by atoms with van der Waals surface area (Å²) < 4.78 is 16.5. The molecule has 3 rings (SSSR count). The number of ether oxygens (including phenoxy) is 3. The molecule has 1 saturated heterocycles. The van der Waals surface area contributed by atoms with E-state index < -0.39 is 0 Å². The summed E-state index contributed by atoms with van der Waals surface area (Å²) in [6.07, 6.45) is 2.01. The van der Waals surface area contributed by atoms with Gasteiger partial charge in [0, 0.05) is 11.6 Å². The first-order valence-electron chi connectivity index (χ1n) is 9.64. The smallest absolute Gasteiger partial charge is 0.238 e. The lowest BCUT2D eigenvalue weighted by atomic mass is 10.0. The van der Waals surface area contributed by atoms with Crippen LogP contribution in [-0.4, -0.2) is 44.7 Å². The van der Waals surface area contributed by atoms with Crippen LogP contribution < -0.4 is 19.5 Å². The molecule has 1 aliphatic heterocycles. The van der Waals surface area contributed by atoms with Crippen molar-refractivity contribution in [2.75, 3.05) is 39.2 Å². The van der Waals surface area contributed by atoms with Crippen LogP contribution in [0, 0.1) is 0 Å². The van der Waals surface area contributed by atoms with Crippen molar-refractivity contribution in [2.24, 2.45) is 0 Å². The van der Waals surface area contributed by atoms with E-state index in [2.05, 4.69) is 10.2 Å². The van der Waals surface area contributed by atoms with Crippen LogP contribution in [0.2, 0.25) is 0 Å². The number of rotatable bonds is 8. The average Bonchev–Trinajstić information content (AvgIpc) is 3.16. The molecular weight excluding hydrogens is 356 g/mol. The fraction of sp³-hybridized carbons (Fsp3) is 0.409. The predicted molar refractivity (Wildman–Crippen MR) is 109 cm³/mol. The molecule has 0 aromatic heterocycles. The van der Waals surface area contributed by atoms with Crippen molar-refractivity contribution >= 4 is 11.6 Å². The molecule has 1 amide bonds. The number of carbonyl (C=O) groups is 1. The number of nitrogens with zero attached hydrogens (tertiary/aromatic N) is 1. The van der Waals surface area contributed by atoms with E-state index in [-0.39, 0.29) is 11.9 Å². The van der Waals surface area contributed by atoms with Crippen molar-refractivity contribution in [1.29, 1.82) is 0 Å². The Morgan fingerprint density at radius 2 is 1.96 bits per heavy atom. The lowest BCUT2D eigenvalue weighted by Crippen LogP contribution is -2.33. The Balaban J connectivity index is 1.73. The molecule has 0 bridgehead atoms. The van der Waals surface area contributed by atoms with Gasteiger partial charge in [-0.05, 0) is 56.6 Å². The van der Waals surface area contributed by atoms with Gasteiger partial charge in [0.1, 0.15) is 17.2 Å². The van der Waals surface area contributed by atoms with E-state index in [0.717, 1.165) is 36.4 Å². The topological polar surface area (TPSA) is 60.0 Å². The zero-order chi connectivity index (χ0) is 19.9. The Hall–Kier alpha value is -2.73. The number of anilines is 1. The minimum atomic E-state index is -0.0547. The molecule has 1 N–H and O–H groups in total. The van der Waals surface area contributed by atoms with Crippen LogP contribution in [-0.2, 0) is 4.79 Å². The van der Waals surface area contributed by atoms with Crippen LogP contribution in [0.4, 0.5) is 5.69 Å². The van der Waals surface area contributed by atoms with E-state index in [1.54, 1.807) is 14.2 Å². The molecule has 1 aliphatic rings. The molecule has 1 atom stereocenters. The zero-order valence-electron chi connectivity index (χ0n) is 16.7. The van der Waals surface area contributed by atoms with Crippen molar-refractivity contribution in [2.45, 2.75) is 25.8 Å². The van der Waals surface area contributed by atoms with Gasteiger partial charge in [-0.25, -0.2) is 0 Å². The number of hydrogen-bond acceptors (Lipinski definition) is 5. The molecule has 1 fully saturated rings. The Kier molecular flexibility index (Phi) is 6.76. The third-order valence-corrected chi connectivity index (χ3v) is 4.97. The Morgan fingerprint density at radius 1 is 1.14 bits per heavy atom. The Morgan fingerprint density at radius 3 is 2.71 bits per heavy atom. The van der Waals surface area contributed by atoms with E-state index in [9.17, 15) is 4.79 Å². The first-order chi connectivity index (χ1) is 13.7. The highest BCUT2D eigenvalue weighted by Crippen LogP contribution is 2.38. The molecule has 2 aromatic carbocycles. The van der Waals surface area contributed by atoms with Gasteiger partial charge in [-0.3, -0.25) is 9.69 Å². The van der Waals surface area contributed by atoms with Crippen molar-refractivity contribution in [3.8, 4) is 17.2 Å². The molecule has 6 heteroatoms. The first kappa shape index (κ1) is 20.0. The predicted octanol–water partition coefficient (Wildman–Crippen LogP) is 3.88. The van der Waals surface area contributed by atoms with E-state index in [4.69, 9.17) is 14.2 Å². The van der Waals surface area contributed by atoms with Gasteiger partial charge in [0.2, 0.25) is 5.91 Å². The summed E-state index contributed by atoms with van der Waals surface area (Å²) in [6.45, 7) is 3.66. The molecule has 150 valence electrons. The maximum atomic E-state index is 12.7. The van der Waals surface area contributed by atoms with E-state index >= 15 is 0 Å². The lowest BCUT2D eigenvalue weighted by Gasteiger charge is -2.26. The van der Waals surface area contributed by atoms with E-state index in [1.165, 1.54) is 0 Å². The van der Waals surface area contributed by atoms with Gasteiger partial charge < -0.3 is 19.5 Å². The molecule has 0 unspecified atom stereocenters. The van der Waals surface area contributed by atoms with Gasteiger partial charge >= 0.3 is 0 Å². The third kappa shape index (κ3) is 4.57. The second kappa shape index (κ2) is 9.46. The third-order valence-electron chi connectivity index (χ3n) is 4.97. The number of para-hydroxylation sites is 2. The van der Waals surface area contributed by atoms with Gasteiger partial charge in [0.05, 0.1) is 33.1 Å². The van der Waals surface area contributed by atoms with Crippen LogP contribution in [0.1, 0.15) is 31.4 Å². The minimum Gasteiger partial charge on any atom is -0.497 e. The number of methoxy groups -OCH3 is 2. The van der Waals surface area contributed by atoms with E-state index in [1.807, 2.05) is 49.4 Å². The standard InChI is InChI=1S/C22H28N2O4/c1-4-28-21-10-6-5-8-18(21)23-22(25)15-24-13-7-9-19(24)17-14-16(26-2)11-12-20(17)27-3/h5-6,8,10-12,14,19H,4,7,9,13,15H2,1-3H3,(H,23,25)/t19-/m1/s1. The van der Waals surface area contributed by atoms with Gasteiger partial charge in [0.15, 0.2) is 0 Å². The Bertz CT molecular complexity index is 809. The fourth-order valence-corrected chi connectivity index (χ4v) is 3.69. The minimum absolute atomic E-state index is 0.0547. The van der Waals surface area contributed by atoms with Crippen LogP contribution in [0.3, 0.4) is 0 Å². The largest absolute Gasteiger partial charge is 0.497 e. The second-order valence-corrected chi connectivity index (χ2v) is 6.71. The van der Waals surface area contributed by atoms with Gasteiger partial charge in [-0.2, -0.15) is 0 Å². The van der Waals surface area contributed by atoms with Crippen LogP contribution in [0.15, 0.2) is 42.5 Å². The highest BCUT2D eigenvalue weighted by atomic mass is 16.5. The van der Waals surface area contributed by atoms with Gasteiger partial charge in [-0.15, -0.1) is 0 Å². The summed E-state index contributed by atoms with van der Waals surface area (Å²) in [6, 6.07) is 13.4. The number of benzene rings is 2. The maximum Gasteiger partial charge on any atom is 0.238 e. The van der Waals surface area contributed by atoms with Crippen molar-refractivity contribution in [3.63, 3.8) is 0 Å². The van der Waals surface area contributed by atoms with Crippen molar-refractivity contribution in [1.82, 2.24) is 4.90 Å². The van der Waals surface area contributed by atoms with Gasteiger partial charge in [-0.1, -0.05) is 12.1 Å². The SMILES string of the molecule is CCOc1ccccc1NC(=O)CN1CCC[C@@H]1c1cc(OC)ccc1OC. The van der Waals surface area contributed by atoms with Crippen molar-refractivity contribution < 1.29 is 19.0 Å². The molecule has 0 spiro atoms. The number of nitrogens with one attached hydrogen (secondary N) is 1. The molecule has 0 aliphatic carbocycles. The number of amides is 1. The van der Waals surface area contributed by atoms with Crippen molar-refractivity contribution in [3.05, 3.63) is 48.0 Å². The van der Waals surface area contributed by atoms with Gasteiger partial charge in [0.25, 0.3) is 0 Å². The summed E-state index contributed by atoms with van der Waals surface area (Å²) >= 11 is 0. The lowest BCUT2D eigenvalue weighted by molar-refractivity contribution is -0.117. The highest BCUT2D eigenvalue weighted by Gasteiger charge is 2.30. The second-order valence-electron chi connectivity index (χ2n) is 6.71. The number of likely N-dealkylation sites (tertiary alicyclic amines) is 1. The summed E-state index contributed by atoms with van der Waals surface area (Å²) in [5, 5.41) is 2.98. The summed E-state index contributed by atoms with van der Waals surface area (Å²) in [4.78, 5) is 14.9. The maximum absolute atomic E-state index is 12.7. The molecule has 0 saturated carbocycles. The Labute approximate surface area is 166 Å². The monoisotopic (exact) mass is 384 g/mol. The van der Waals surface area contributed by atoms with Crippen LogP contribution in [0.25, 0.3) is 0 Å². The molecule has 1 heterocycles.